The van der Waals surface area contributed by atoms with Gasteiger partial charge in [-0.05, 0) is 49.2 Å². The maximum atomic E-state index is 5.93. The Hall–Kier alpha value is -1.87. The molecule has 0 atom stereocenters. The van der Waals surface area contributed by atoms with E-state index in [4.69, 9.17) is 4.74 Å². The van der Waals surface area contributed by atoms with Crippen LogP contribution in [0.1, 0.15) is 29.3 Å². The third-order valence-electron chi connectivity index (χ3n) is 3.19. The van der Waals surface area contributed by atoms with Gasteiger partial charge in [0.1, 0.15) is 12.4 Å². The Kier molecular flexibility index (Phi) is 5.13. The zero-order chi connectivity index (χ0) is 14.4. The lowest BCUT2D eigenvalue weighted by molar-refractivity contribution is 0.297. The molecule has 1 aromatic carbocycles. The third-order valence-corrected chi connectivity index (χ3v) is 3.19. The molecule has 0 saturated heterocycles. The molecular formula is C17H22N2O. The summed E-state index contributed by atoms with van der Waals surface area (Å²) in [6.07, 6.45) is 1.79. The first-order valence-corrected chi connectivity index (χ1v) is 7.04. The lowest BCUT2D eigenvalue weighted by Crippen LogP contribution is -2.12. The largest absolute Gasteiger partial charge is 0.487 e. The minimum Gasteiger partial charge on any atom is -0.487 e. The standard InChI is InChI=1S/C17H22N2O/c1-4-18-11-15-9-13(2)17(14(3)10-15)20-12-16-7-5-6-8-19-16/h5-10,18H,4,11-12H2,1-3H3. The quantitative estimate of drug-likeness (QED) is 0.873. The van der Waals surface area contributed by atoms with Gasteiger partial charge in [0, 0.05) is 12.7 Å². The molecule has 0 spiro atoms. The summed E-state index contributed by atoms with van der Waals surface area (Å²) in [6.45, 7) is 8.69. The molecule has 0 saturated carbocycles. The number of rotatable bonds is 6. The Morgan fingerprint density at radius 3 is 2.50 bits per heavy atom. The molecule has 0 aliphatic heterocycles. The highest BCUT2D eigenvalue weighted by molar-refractivity contribution is 5.43. The summed E-state index contributed by atoms with van der Waals surface area (Å²) in [5.41, 5.74) is 4.60. The number of benzene rings is 1. The molecule has 0 unspecified atom stereocenters. The van der Waals surface area contributed by atoms with Crippen molar-refractivity contribution < 1.29 is 4.74 Å². The van der Waals surface area contributed by atoms with E-state index >= 15 is 0 Å². The van der Waals surface area contributed by atoms with Crippen LogP contribution in [0.5, 0.6) is 5.75 Å². The van der Waals surface area contributed by atoms with Crippen LogP contribution < -0.4 is 10.1 Å². The fourth-order valence-corrected chi connectivity index (χ4v) is 2.27. The monoisotopic (exact) mass is 270 g/mol. The molecule has 0 radical (unpaired) electrons. The molecule has 0 bridgehead atoms. The first-order chi connectivity index (χ1) is 9.70. The minimum atomic E-state index is 0.509. The maximum Gasteiger partial charge on any atom is 0.130 e. The summed E-state index contributed by atoms with van der Waals surface area (Å²) in [6, 6.07) is 10.2. The van der Waals surface area contributed by atoms with E-state index in [-0.39, 0.29) is 0 Å². The molecule has 1 aromatic heterocycles. The number of aryl methyl sites for hydroxylation is 2. The van der Waals surface area contributed by atoms with E-state index in [0.29, 0.717) is 6.61 Å². The Labute approximate surface area is 121 Å². The zero-order valence-electron chi connectivity index (χ0n) is 12.4. The molecule has 2 aromatic rings. The number of pyridine rings is 1. The highest BCUT2D eigenvalue weighted by Gasteiger charge is 2.07. The van der Waals surface area contributed by atoms with Crippen molar-refractivity contribution in [1.29, 1.82) is 0 Å². The van der Waals surface area contributed by atoms with Gasteiger partial charge in [0.15, 0.2) is 0 Å². The fourth-order valence-electron chi connectivity index (χ4n) is 2.27. The predicted octanol–water partition coefficient (Wildman–Crippen LogP) is 3.39. The smallest absolute Gasteiger partial charge is 0.130 e. The van der Waals surface area contributed by atoms with Crippen molar-refractivity contribution in [2.45, 2.75) is 33.9 Å². The molecule has 2 rings (SSSR count). The molecule has 0 amide bonds. The summed E-state index contributed by atoms with van der Waals surface area (Å²) >= 11 is 0. The fraction of sp³-hybridized carbons (Fsp3) is 0.353. The van der Waals surface area contributed by atoms with Crippen LogP contribution in [-0.2, 0) is 13.2 Å². The summed E-state index contributed by atoms with van der Waals surface area (Å²) in [4.78, 5) is 4.28. The topological polar surface area (TPSA) is 34.1 Å². The summed E-state index contributed by atoms with van der Waals surface area (Å²) in [7, 11) is 0. The number of nitrogens with zero attached hydrogens (tertiary/aromatic N) is 1. The number of hydrogen-bond donors (Lipinski definition) is 1. The van der Waals surface area contributed by atoms with E-state index < -0.39 is 0 Å². The summed E-state index contributed by atoms with van der Waals surface area (Å²) in [5, 5.41) is 3.35. The summed E-state index contributed by atoms with van der Waals surface area (Å²) in [5.74, 6) is 0.968. The van der Waals surface area contributed by atoms with Crippen LogP contribution in [0.15, 0.2) is 36.5 Å². The number of ether oxygens (including phenoxy) is 1. The first kappa shape index (κ1) is 14.5. The third kappa shape index (κ3) is 3.81. The molecule has 0 aliphatic rings. The van der Waals surface area contributed by atoms with Crippen molar-refractivity contribution in [3.05, 3.63) is 58.9 Å². The Bertz CT molecular complexity index is 529. The van der Waals surface area contributed by atoms with Crippen molar-refractivity contribution in [3.8, 4) is 5.75 Å². The van der Waals surface area contributed by atoms with Gasteiger partial charge in [0.05, 0.1) is 5.69 Å². The SMILES string of the molecule is CCNCc1cc(C)c(OCc2ccccn2)c(C)c1. The summed E-state index contributed by atoms with van der Waals surface area (Å²) < 4.78 is 5.93. The lowest BCUT2D eigenvalue weighted by atomic mass is 10.1. The Morgan fingerprint density at radius 2 is 1.90 bits per heavy atom. The Balaban J connectivity index is 2.08. The van der Waals surface area contributed by atoms with E-state index in [1.165, 1.54) is 16.7 Å². The van der Waals surface area contributed by atoms with Crippen LogP contribution in [0.4, 0.5) is 0 Å². The molecule has 1 N–H and O–H groups in total. The molecule has 1 heterocycles. The van der Waals surface area contributed by atoms with Crippen molar-refractivity contribution >= 4 is 0 Å². The van der Waals surface area contributed by atoms with Gasteiger partial charge >= 0.3 is 0 Å². The second-order valence-electron chi connectivity index (χ2n) is 4.95. The van der Waals surface area contributed by atoms with Crippen LogP contribution in [0.3, 0.4) is 0 Å². The van der Waals surface area contributed by atoms with Crippen molar-refractivity contribution in [2.75, 3.05) is 6.54 Å². The minimum absolute atomic E-state index is 0.509. The average molecular weight is 270 g/mol. The van der Waals surface area contributed by atoms with E-state index in [9.17, 15) is 0 Å². The maximum absolute atomic E-state index is 5.93. The number of nitrogens with one attached hydrogen (secondary N) is 1. The number of aromatic nitrogens is 1. The predicted molar refractivity (Wildman–Crippen MR) is 81.9 cm³/mol. The van der Waals surface area contributed by atoms with Gasteiger partial charge in [-0.2, -0.15) is 0 Å². The van der Waals surface area contributed by atoms with Crippen LogP contribution in [0.2, 0.25) is 0 Å². The van der Waals surface area contributed by atoms with Gasteiger partial charge in [-0.15, -0.1) is 0 Å². The van der Waals surface area contributed by atoms with Crippen LogP contribution in [-0.4, -0.2) is 11.5 Å². The van der Waals surface area contributed by atoms with Gasteiger partial charge in [0.2, 0.25) is 0 Å². The van der Waals surface area contributed by atoms with Gasteiger partial charge in [-0.1, -0.05) is 25.1 Å². The van der Waals surface area contributed by atoms with Crippen molar-refractivity contribution in [1.82, 2.24) is 10.3 Å². The lowest BCUT2D eigenvalue weighted by Gasteiger charge is -2.14. The van der Waals surface area contributed by atoms with Crippen molar-refractivity contribution in [3.63, 3.8) is 0 Å². The zero-order valence-corrected chi connectivity index (χ0v) is 12.4. The Morgan fingerprint density at radius 1 is 1.15 bits per heavy atom. The van der Waals surface area contributed by atoms with Gasteiger partial charge in [-0.25, -0.2) is 0 Å². The van der Waals surface area contributed by atoms with Gasteiger partial charge < -0.3 is 10.1 Å². The molecule has 20 heavy (non-hydrogen) atoms. The molecule has 3 nitrogen and oxygen atoms in total. The van der Waals surface area contributed by atoms with Gasteiger partial charge in [0.25, 0.3) is 0 Å². The molecule has 3 heteroatoms. The molecule has 0 fully saturated rings. The van der Waals surface area contributed by atoms with Gasteiger partial charge in [-0.3, -0.25) is 4.98 Å². The highest BCUT2D eigenvalue weighted by atomic mass is 16.5. The van der Waals surface area contributed by atoms with E-state index in [0.717, 1.165) is 24.5 Å². The molecule has 0 aliphatic carbocycles. The second kappa shape index (κ2) is 7.06. The van der Waals surface area contributed by atoms with Crippen molar-refractivity contribution in [2.24, 2.45) is 0 Å². The van der Waals surface area contributed by atoms with Crippen LogP contribution in [0.25, 0.3) is 0 Å². The van der Waals surface area contributed by atoms with E-state index in [1.807, 2.05) is 18.2 Å². The normalized spacial score (nSPS) is 10.6. The highest BCUT2D eigenvalue weighted by Crippen LogP contribution is 2.25. The van der Waals surface area contributed by atoms with E-state index in [2.05, 4.69) is 43.2 Å². The van der Waals surface area contributed by atoms with E-state index in [1.54, 1.807) is 6.20 Å². The van der Waals surface area contributed by atoms with Crippen LogP contribution >= 0.6 is 0 Å². The first-order valence-electron chi connectivity index (χ1n) is 7.04. The van der Waals surface area contributed by atoms with Crippen LogP contribution in [0, 0.1) is 13.8 Å². The number of hydrogen-bond acceptors (Lipinski definition) is 3. The molecule has 106 valence electrons. The second-order valence-corrected chi connectivity index (χ2v) is 4.95. The molecular weight excluding hydrogens is 248 g/mol. The average Bonchev–Trinajstić information content (AvgIpc) is 2.45.